The van der Waals surface area contributed by atoms with Gasteiger partial charge in [0.2, 0.25) is 0 Å². The molecule has 3 rings (SSSR count). The highest BCUT2D eigenvalue weighted by atomic mass is 35.5. The van der Waals surface area contributed by atoms with Crippen molar-refractivity contribution >= 4 is 22.6 Å². The molecule has 0 N–H and O–H groups in total. The first-order valence-corrected chi connectivity index (χ1v) is 7.03. The Balaban J connectivity index is 2.37. The van der Waals surface area contributed by atoms with E-state index in [9.17, 15) is 22.4 Å². The Hall–Kier alpha value is -2.35. The number of aryl methyl sites for hydroxylation is 1. The molecule has 0 aliphatic heterocycles. The summed E-state index contributed by atoms with van der Waals surface area (Å²) in [5.74, 6) is -0.502. The largest absolute Gasteiger partial charge is 0.460 e. The van der Waals surface area contributed by atoms with Crippen LogP contribution in [0.1, 0.15) is 16.9 Å². The molecule has 0 unspecified atom stereocenters. The van der Waals surface area contributed by atoms with Crippen molar-refractivity contribution in [3.8, 4) is 5.69 Å². The lowest BCUT2D eigenvalue weighted by Gasteiger charge is -2.13. The van der Waals surface area contributed by atoms with Crippen LogP contribution in [0.4, 0.5) is 17.6 Å². The van der Waals surface area contributed by atoms with Crippen molar-refractivity contribution < 1.29 is 22.0 Å². The van der Waals surface area contributed by atoms with Gasteiger partial charge in [-0.2, -0.15) is 23.0 Å². The molecule has 1 aromatic carbocycles. The van der Waals surface area contributed by atoms with Gasteiger partial charge in [-0.3, -0.25) is 4.79 Å². The normalized spacial score (nSPS) is 12.1. The van der Waals surface area contributed by atoms with Crippen LogP contribution in [-0.4, -0.2) is 9.78 Å². The first kappa shape index (κ1) is 16.5. The van der Waals surface area contributed by atoms with Gasteiger partial charge in [-0.15, -0.1) is 0 Å². The summed E-state index contributed by atoms with van der Waals surface area (Å²) in [6, 6.07) is 2.35. The van der Waals surface area contributed by atoms with E-state index in [1.807, 2.05) is 0 Å². The molecule has 0 aliphatic carbocycles. The molecule has 0 amide bonds. The predicted molar refractivity (Wildman–Crippen MR) is 79.0 cm³/mol. The second kappa shape index (κ2) is 5.34. The Morgan fingerprint density at radius 2 is 1.92 bits per heavy atom. The molecular formula is C15H9ClF4N2O2. The van der Waals surface area contributed by atoms with Gasteiger partial charge in [-0.1, -0.05) is 11.6 Å². The number of halogens is 5. The minimum absolute atomic E-state index is 0.0176. The van der Waals surface area contributed by atoms with E-state index in [2.05, 4.69) is 5.10 Å². The summed E-state index contributed by atoms with van der Waals surface area (Å²) >= 11 is 5.90. The summed E-state index contributed by atoms with van der Waals surface area (Å²) in [5.41, 5.74) is -3.02. The fraction of sp³-hybridized carbons (Fsp3) is 0.200. The Labute approximate surface area is 137 Å². The molecule has 0 saturated heterocycles. The average molecular weight is 361 g/mol. The van der Waals surface area contributed by atoms with Gasteiger partial charge in [0.05, 0.1) is 22.2 Å². The minimum atomic E-state index is -4.73. The molecule has 0 saturated carbocycles. The maximum Gasteiger partial charge on any atom is 0.418 e. The number of aromatic nitrogens is 2. The lowest BCUT2D eigenvalue weighted by atomic mass is 10.1. The number of hydrogen-bond acceptors (Lipinski definition) is 3. The summed E-state index contributed by atoms with van der Waals surface area (Å²) in [6.45, 7) is 2.60. The van der Waals surface area contributed by atoms with E-state index in [0.29, 0.717) is 16.6 Å². The Bertz CT molecular complexity index is 1020. The third-order valence-corrected chi connectivity index (χ3v) is 3.82. The summed E-state index contributed by atoms with van der Waals surface area (Å²) in [5, 5.41) is 3.61. The molecule has 3 aromatic rings. The third kappa shape index (κ3) is 2.47. The molecule has 0 radical (unpaired) electrons. The zero-order valence-corrected chi connectivity index (χ0v) is 13.1. The van der Waals surface area contributed by atoms with Crippen molar-refractivity contribution in [2.75, 3.05) is 0 Å². The number of benzene rings is 1. The van der Waals surface area contributed by atoms with Crippen LogP contribution in [0.3, 0.4) is 0 Å². The minimum Gasteiger partial charge on any atom is -0.460 e. The molecule has 0 spiro atoms. The predicted octanol–water partition coefficient (Wildman–Crippen LogP) is 4.41. The van der Waals surface area contributed by atoms with Crippen molar-refractivity contribution in [2.45, 2.75) is 20.0 Å². The van der Waals surface area contributed by atoms with Crippen LogP contribution >= 0.6 is 11.6 Å². The molecule has 0 aliphatic rings. The first-order chi connectivity index (χ1) is 11.1. The molecule has 4 nitrogen and oxygen atoms in total. The van der Waals surface area contributed by atoms with E-state index in [-0.39, 0.29) is 21.7 Å². The van der Waals surface area contributed by atoms with Gasteiger partial charge in [0.15, 0.2) is 11.4 Å². The highest BCUT2D eigenvalue weighted by molar-refractivity contribution is 6.35. The molecule has 0 fully saturated rings. The van der Waals surface area contributed by atoms with E-state index < -0.39 is 28.7 Å². The maximum atomic E-state index is 14.4. The average Bonchev–Trinajstić information content (AvgIpc) is 2.84. The van der Waals surface area contributed by atoms with Gasteiger partial charge < -0.3 is 4.42 Å². The van der Waals surface area contributed by atoms with Crippen LogP contribution in [0, 0.1) is 19.7 Å². The smallest absolute Gasteiger partial charge is 0.418 e. The fourth-order valence-corrected chi connectivity index (χ4v) is 2.68. The number of rotatable bonds is 1. The molecule has 24 heavy (non-hydrogen) atoms. The zero-order valence-electron chi connectivity index (χ0n) is 12.3. The summed E-state index contributed by atoms with van der Waals surface area (Å²) in [6.07, 6.45) is -4.24. The fourth-order valence-electron chi connectivity index (χ4n) is 2.44. The molecular weight excluding hydrogens is 352 g/mol. The summed E-state index contributed by atoms with van der Waals surface area (Å²) < 4.78 is 58.9. The van der Waals surface area contributed by atoms with Crippen molar-refractivity contribution in [3.63, 3.8) is 0 Å². The van der Waals surface area contributed by atoms with Crippen LogP contribution < -0.4 is 5.56 Å². The molecule has 2 heterocycles. The van der Waals surface area contributed by atoms with E-state index >= 15 is 0 Å². The van der Waals surface area contributed by atoms with E-state index in [4.69, 9.17) is 16.0 Å². The van der Waals surface area contributed by atoms with Gasteiger partial charge in [-0.25, -0.2) is 4.39 Å². The number of furan rings is 1. The van der Waals surface area contributed by atoms with Crippen LogP contribution in [-0.2, 0) is 6.18 Å². The number of alkyl halides is 3. The van der Waals surface area contributed by atoms with Crippen molar-refractivity contribution in [1.82, 2.24) is 9.78 Å². The molecule has 0 atom stereocenters. The van der Waals surface area contributed by atoms with E-state index in [1.54, 1.807) is 6.92 Å². The van der Waals surface area contributed by atoms with E-state index in [0.717, 1.165) is 13.0 Å². The van der Waals surface area contributed by atoms with Crippen LogP contribution in [0.25, 0.3) is 16.7 Å². The summed E-state index contributed by atoms with van der Waals surface area (Å²) in [7, 11) is 0. The van der Waals surface area contributed by atoms with Crippen molar-refractivity contribution in [2.24, 2.45) is 0 Å². The molecule has 2 aromatic heterocycles. The van der Waals surface area contributed by atoms with Crippen molar-refractivity contribution in [3.05, 3.63) is 56.4 Å². The molecule has 126 valence electrons. The Morgan fingerprint density at radius 1 is 1.25 bits per heavy atom. The highest BCUT2D eigenvalue weighted by Crippen LogP contribution is 2.34. The van der Waals surface area contributed by atoms with Crippen LogP contribution in [0.15, 0.2) is 27.5 Å². The third-order valence-electron chi connectivity index (χ3n) is 3.54. The van der Waals surface area contributed by atoms with Gasteiger partial charge in [0, 0.05) is 5.56 Å². The lowest BCUT2D eigenvalue weighted by Crippen LogP contribution is -2.28. The summed E-state index contributed by atoms with van der Waals surface area (Å²) in [4.78, 5) is 12.3. The molecule has 9 heteroatoms. The topological polar surface area (TPSA) is 48.0 Å². The van der Waals surface area contributed by atoms with Gasteiger partial charge in [0.25, 0.3) is 5.56 Å². The van der Waals surface area contributed by atoms with Gasteiger partial charge >= 0.3 is 6.18 Å². The maximum absolute atomic E-state index is 14.4. The van der Waals surface area contributed by atoms with E-state index in [1.165, 1.54) is 6.07 Å². The molecule has 0 bridgehead atoms. The lowest BCUT2D eigenvalue weighted by molar-refractivity contribution is -0.138. The van der Waals surface area contributed by atoms with Gasteiger partial charge in [0.1, 0.15) is 11.4 Å². The van der Waals surface area contributed by atoms with Crippen LogP contribution in [0.2, 0.25) is 5.02 Å². The zero-order chi connectivity index (χ0) is 17.8. The second-order valence-electron chi connectivity index (χ2n) is 5.19. The second-order valence-corrected chi connectivity index (χ2v) is 5.59. The van der Waals surface area contributed by atoms with Gasteiger partial charge in [-0.05, 0) is 26.0 Å². The Morgan fingerprint density at radius 3 is 2.54 bits per heavy atom. The SMILES string of the molecule is Cc1cc2c(-n3ncc(C(F)(F)F)c(C)c3=O)c(F)cc(Cl)c2o1. The monoisotopic (exact) mass is 360 g/mol. The highest BCUT2D eigenvalue weighted by Gasteiger charge is 2.34. The standard InChI is InChI=1S/C15H9ClF4N2O2/c1-6-3-8-12(11(17)4-10(16)13(8)24-6)22-14(23)7(2)9(5-21-22)15(18,19)20/h3-5H,1-2H3. The van der Waals surface area contributed by atoms with Crippen molar-refractivity contribution in [1.29, 1.82) is 0 Å². The number of hydrogen-bond donors (Lipinski definition) is 0. The number of fused-ring (bicyclic) bond motifs is 1. The first-order valence-electron chi connectivity index (χ1n) is 6.66. The quantitative estimate of drug-likeness (QED) is 0.604. The van der Waals surface area contributed by atoms with Crippen LogP contribution in [0.5, 0.6) is 0 Å². The number of nitrogens with zero attached hydrogens (tertiary/aromatic N) is 2. The Kier molecular flexibility index (Phi) is 3.67.